The molecule has 27 heavy (non-hydrogen) atoms. The van der Waals surface area contributed by atoms with Crippen LogP contribution in [-0.4, -0.2) is 37.7 Å². The molecule has 144 valence electrons. The summed E-state index contributed by atoms with van der Waals surface area (Å²) in [5, 5.41) is 5.65. The van der Waals surface area contributed by atoms with Crippen LogP contribution in [0.2, 0.25) is 0 Å². The van der Waals surface area contributed by atoms with Crippen molar-refractivity contribution in [3.63, 3.8) is 0 Å². The zero-order valence-electron chi connectivity index (χ0n) is 16.0. The van der Waals surface area contributed by atoms with Crippen LogP contribution < -0.4 is 15.4 Å². The first-order chi connectivity index (χ1) is 13.0. The molecule has 0 atom stereocenters. The third-order valence-electron chi connectivity index (χ3n) is 3.65. The molecule has 0 radical (unpaired) electrons. The van der Waals surface area contributed by atoms with Gasteiger partial charge in [-0.25, -0.2) is 0 Å². The fraction of sp³-hybridized carbons (Fsp3) is 0.333. The van der Waals surface area contributed by atoms with Gasteiger partial charge >= 0.3 is 0 Å². The van der Waals surface area contributed by atoms with Crippen molar-refractivity contribution < 1.29 is 19.1 Å². The van der Waals surface area contributed by atoms with Crippen LogP contribution in [0.25, 0.3) is 0 Å². The molecule has 2 N–H and O–H groups in total. The molecule has 0 saturated heterocycles. The maximum absolute atomic E-state index is 12.6. The lowest BCUT2D eigenvalue weighted by atomic mass is 10.1. The highest BCUT2D eigenvalue weighted by Crippen LogP contribution is 2.20. The number of amides is 2. The Morgan fingerprint density at radius 3 is 2.33 bits per heavy atom. The molecule has 0 fully saturated rings. The largest absolute Gasteiger partial charge is 0.490 e. The van der Waals surface area contributed by atoms with E-state index < -0.39 is 0 Å². The van der Waals surface area contributed by atoms with Gasteiger partial charge in [0.25, 0.3) is 11.8 Å². The first-order valence-electron chi connectivity index (χ1n) is 9.03. The number of hydrogen-bond donors (Lipinski definition) is 2. The Labute approximate surface area is 159 Å². The topological polar surface area (TPSA) is 76.7 Å². The Balaban J connectivity index is 2.01. The summed E-state index contributed by atoms with van der Waals surface area (Å²) >= 11 is 0. The molecule has 6 nitrogen and oxygen atoms in total. The normalized spacial score (nSPS) is 10.5. The molecule has 0 unspecified atom stereocenters. The molecule has 2 rings (SSSR count). The Hall–Kier alpha value is -2.86. The Bertz CT molecular complexity index is 757. The number of carbonyl (C=O) groups excluding carboxylic acids is 2. The van der Waals surface area contributed by atoms with E-state index in [-0.39, 0.29) is 17.9 Å². The number of hydrogen-bond acceptors (Lipinski definition) is 4. The first kappa shape index (κ1) is 20.5. The lowest BCUT2D eigenvalue weighted by Gasteiger charge is -2.12. The van der Waals surface area contributed by atoms with E-state index >= 15 is 0 Å². The Morgan fingerprint density at radius 2 is 1.67 bits per heavy atom. The van der Waals surface area contributed by atoms with E-state index in [2.05, 4.69) is 10.6 Å². The number of nitrogens with one attached hydrogen (secondary N) is 2. The van der Waals surface area contributed by atoms with Gasteiger partial charge in [0.05, 0.1) is 12.2 Å². The van der Waals surface area contributed by atoms with Crippen LogP contribution in [0, 0.1) is 0 Å². The molecule has 0 aliphatic rings. The van der Waals surface area contributed by atoms with Crippen molar-refractivity contribution in [2.24, 2.45) is 0 Å². The molecule has 0 heterocycles. The van der Waals surface area contributed by atoms with Crippen molar-refractivity contribution in [3.8, 4) is 5.75 Å². The molecule has 0 saturated carbocycles. The lowest BCUT2D eigenvalue weighted by molar-refractivity contribution is 0.0942. The smallest absolute Gasteiger partial charge is 0.259 e. The van der Waals surface area contributed by atoms with E-state index in [1.807, 2.05) is 26.8 Å². The number of benzene rings is 2. The summed E-state index contributed by atoms with van der Waals surface area (Å²) in [5.74, 6) is 0.0833. The molecule has 0 spiro atoms. The van der Waals surface area contributed by atoms with Crippen molar-refractivity contribution in [1.29, 1.82) is 0 Å². The molecule has 0 bridgehead atoms. The molecule has 0 aliphatic heterocycles. The lowest BCUT2D eigenvalue weighted by Crippen LogP contribution is -2.30. The average molecular weight is 370 g/mol. The maximum Gasteiger partial charge on any atom is 0.259 e. The van der Waals surface area contributed by atoms with Crippen molar-refractivity contribution in [3.05, 3.63) is 59.7 Å². The molecular formula is C21H26N2O4. The van der Waals surface area contributed by atoms with Crippen LogP contribution in [0.1, 0.15) is 41.5 Å². The summed E-state index contributed by atoms with van der Waals surface area (Å²) in [4.78, 5) is 24.6. The second-order valence-electron chi connectivity index (χ2n) is 6.20. The minimum atomic E-state index is -0.276. The van der Waals surface area contributed by atoms with E-state index in [0.29, 0.717) is 42.4 Å². The number of rotatable bonds is 9. The minimum Gasteiger partial charge on any atom is -0.490 e. The van der Waals surface area contributed by atoms with Gasteiger partial charge in [-0.05, 0) is 57.2 Å². The van der Waals surface area contributed by atoms with Gasteiger partial charge in [0.15, 0.2) is 0 Å². The van der Waals surface area contributed by atoms with Gasteiger partial charge in [-0.3, -0.25) is 9.59 Å². The van der Waals surface area contributed by atoms with Gasteiger partial charge in [0.2, 0.25) is 0 Å². The summed E-state index contributed by atoms with van der Waals surface area (Å²) in [6.07, 6.45) is 0. The van der Waals surface area contributed by atoms with Crippen LogP contribution in [-0.2, 0) is 4.74 Å². The summed E-state index contributed by atoms with van der Waals surface area (Å²) in [6.45, 7) is 7.18. The Kier molecular flexibility index (Phi) is 7.82. The predicted octanol–water partition coefficient (Wildman–Crippen LogP) is 3.49. The molecule has 2 aromatic carbocycles. The van der Waals surface area contributed by atoms with E-state index in [0.717, 1.165) is 0 Å². The molecule has 2 amide bonds. The highest BCUT2D eigenvalue weighted by molar-refractivity contribution is 6.06. The van der Waals surface area contributed by atoms with E-state index in [4.69, 9.17) is 9.47 Å². The fourth-order valence-electron chi connectivity index (χ4n) is 2.38. The highest BCUT2D eigenvalue weighted by Gasteiger charge is 2.13. The molecule has 0 aromatic heterocycles. The molecule has 0 aliphatic carbocycles. The number of para-hydroxylation sites is 1. The standard InChI is InChI=1S/C21H26N2O4/c1-4-26-13-14-27-19-8-6-5-7-18(19)21(25)23-17-11-9-16(10-12-17)20(24)22-15(2)3/h5-12,15H,4,13-14H2,1-3H3,(H,22,24)(H,23,25). The quantitative estimate of drug-likeness (QED) is 0.663. The number of anilines is 1. The van der Waals surface area contributed by atoms with Gasteiger partial charge in [-0.15, -0.1) is 0 Å². The molecule has 6 heteroatoms. The monoisotopic (exact) mass is 370 g/mol. The van der Waals surface area contributed by atoms with Gasteiger partial charge in [-0.2, -0.15) is 0 Å². The first-order valence-corrected chi connectivity index (χ1v) is 9.03. The molecule has 2 aromatic rings. The zero-order chi connectivity index (χ0) is 19.6. The van der Waals surface area contributed by atoms with Crippen LogP contribution in [0.3, 0.4) is 0 Å². The maximum atomic E-state index is 12.6. The van der Waals surface area contributed by atoms with Crippen molar-refractivity contribution in [2.75, 3.05) is 25.1 Å². The predicted molar refractivity (Wildman–Crippen MR) is 105 cm³/mol. The van der Waals surface area contributed by atoms with Crippen LogP contribution >= 0.6 is 0 Å². The van der Waals surface area contributed by atoms with Gasteiger partial charge < -0.3 is 20.1 Å². The van der Waals surface area contributed by atoms with Gasteiger partial charge in [0, 0.05) is 23.9 Å². The summed E-state index contributed by atoms with van der Waals surface area (Å²) < 4.78 is 10.9. The summed E-state index contributed by atoms with van der Waals surface area (Å²) in [7, 11) is 0. The van der Waals surface area contributed by atoms with Crippen molar-refractivity contribution >= 4 is 17.5 Å². The fourth-order valence-corrected chi connectivity index (χ4v) is 2.38. The van der Waals surface area contributed by atoms with Crippen molar-refractivity contribution in [1.82, 2.24) is 5.32 Å². The van der Waals surface area contributed by atoms with E-state index in [1.54, 1.807) is 42.5 Å². The summed E-state index contributed by atoms with van der Waals surface area (Å²) in [6, 6.07) is 13.9. The van der Waals surface area contributed by atoms with E-state index in [1.165, 1.54) is 0 Å². The van der Waals surface area contributed by atoms with Crippen LogP contribution in [0.4, 0.5) is 5.69 Å². The van der Waals surface area contributed by atoms with Crippen molar-refractivity contribution in [2.45, 2.75) is 26.8 Å². The molecular weight excluding hydrogens is 344 g/mol. The highest BCUT2D eigenvalue weighted by atomic mass is 16.5. The average Bonchev–Trinajstić information content (AvgIpc) is 2.65. The second kappa shape index (κ2) is 10.3. The van der Waals surface area contributed by atoms with Crippen LogP contribution in [0.5, 0.6) is 5.75 Å². The zero-order valence-corrected chi connectivity index (χ0v) is 16.0. The van der Waals surface area contributed by atoms with E-state index in [9.17, 15) is 9.59 Å². The van der Waals surface area contributed by atoms with Crippen LogP contribution in [0.15, 0.2) is 48.5 Å². The summed E-state index contributed by atoms with van der Waals surface area (Å²) in [5.41, 5.74) is 1.59. The number of ether oxygens (including phenoxy) is 2. The van der Waals surface area contributed by atoms with Gasteiger partial charge in [0.1, 0.15) is 12.4 Å². The Morgan fingerprint density at radius 1 is 0.963 bits per heavy atom. The van der Waals surface area contributed by atoms with Gasteiger partial charge in [-0.1, -0.05) is 12.1 Å². The minimum absolute atomic E-state index is 0.0658. The number of carbonyl (C=O) groups is 2. The second-order valence-corrected chi connectivity index (χ2v) is 6.20. The SMILES string of the molecule is CCOCCOc1ccccc1C(=O)Nc1ccc(C(=O)NC(C)C)cc1. The third-order valence-corrected chi connectivity index (χ3v) is 3.65. The third kappa shape index (κ3) is 6.42.